The van der Waals surface area contributed by atoms with Crippen molar-refractivity contribution in [2.24, 2.45) is 0 Å². The number of nitrogens with zero attached hydrogens (tertiary/aromatic N) is 2. The van der Waals surface area contributed by atoms with Gasteiger partial charge in [-0.15, -0.1) is 11.3 Å². The number of aromatic nitrogens is 1. The Hall–Kier alpha value is -2.32. The first-order valence-electron chi connectivity index (χ1n) is 7.43. The number of anilines is 1. The van der Waals surface area contributed by atoms with E-state index in [1.54, 1.807) is 23.5 Å². The molecule has 1 N–H and O–H groups in total. The Morgan fingerprint density at radius 3 is 2.64 bits per heavy atom. The normalized spacial score (nSPS) is 10.9. The van der Waals surface area contributed by atoms with Crippen molar-refractivity contribution in [3.8, 4) is 5.75 Å². The van der Waals surface area contributed by atoms with Crippen molar-refractivity contribution in [3.05, 3.63) is 53.5 Å². The number of rotatable bonds is 5. The van der Waals surface area contributed by atoms with Crippen LogP contribution < -0.4 is 10.1 Å². The van der Waals surface area contributed by atoms with E-state index >= 15 is 0 Å². The number of hydrogen-bond donors (Lipinski definition) is 1. The molecular formula is C17H15F2N3OS2. The molecule has 4 nitrogen and oxygen atoms in total. The van der Waals surface area contributed by atoms with Gasteiger partial charge in [0.05, 0.1) is 16.8 Å². The van der Waals surface area contributed by atoms with Gasteiger partial charge in [0.15, 0.2) is 5.11 Å². The largest absolute Gasteiger partial charge is 0.435 e. The molecule has 0 fully saturated rings. The minimum atomic E-state index is -2.83. The molecule has 0 aliphatic heterocycles. The molecule has 0 spiro atoms. The molecule has 1 heterocycles. The lowest BCUT2D eigenvalue weighted by atomic mass is 10.3. The summed E-state index contributed by atoms with van der Waals surface area (Å²) in [4.78, 5) is 6.45. The van der Waals surface area contributed by atoms with Gasteiger partial charge in [-0.05, 0) is 48.6 Å². The van der Waals surface area contributed by atoms with E-state index in [1.807, 2.05) is 36.2 Å². The Kier molecular flexibility index (Phi) is 5.40. The van der Waals surface area contributed by atoms with Gasteiger partial charge in [0.25, 0.3) is 0 Å². The molecule has 3 aromatic rings. The Balaban J connectivity index is 1.60. The van der Waals surface area contributed by atoms with Crippen molar-refractivity contribution in [2.75, 3.05) is 12.4 Å². The molecule has 1 aromatic heterocycles. The van der Waals surface area contributed by atoms with Crippen LogP contribution in [0.1, 0.15) is 5.01 Å². The standard InChI is InChI=1S/C17H15F2N3OS2/c1-22(10-15-21-13-4-2-3-5-14(13)25-15)17(24)20-11-6-8-12(9-7-11)23-16(18)19/h2-9,16H,10H2,1H3,(H,20,24). The molecule has 0 atom stereocenters. The lowest BCUT2D eigenvalue weighted by Crippen LogP contribution is -2.30. The third-order valence-corrected chi connectivity index (χ3v) is 4.82. The Bertz CT molecular complexity index is 835. The fourth-order valence-corrected chi connectivity index (χ4v) is 3.40. The van der Waals surface area contributed by atoms with Crippen LogP contribution in [-0.2, 0) is 6.54 Å². The highest BCUT2D eigenvalue weighted by molar-refractivity contribution is 7.80. The first-order valence-corrected chi connectivity index (χ1v) is 8.65. The first kappa shape index (κ1) is 17.5. The summed E-state index contributed by atoms with van der Waals surface area (Å²) in [5, 5.41) is 4.55. The van der Waals surface area contributed by atoms with Crippen LogP contribution >= 0.6 is 23.6 Å². The predicted molar refractivity (Wildman–Crippen MR) is 100 cm³/mol. The maximum absolute atomic E-state index is 12.2. The van der Waals surface area contributed by atoms with Crippen molar-refractivity contribution in [1.82, 2.24) is 9.88 Å². The number of halogens is 2. The topological polar surface area (TPSA) is 37.4 Å². The van der Waals surface area contributed by atoms with Crippen LogP contribution in [0.2, 0.25) is 0 Å². The fraction of sp³-hybridized carbons (Fsp3) is 0.176. The zero-order chi connectivity index (χ0) is 17.8. The summed E-state index contributed by atoms with van der Waals surface area (Å²) < 4.78 is 29.8. The number of thiocarbonyl (C=S) groups is 1. The fourth-order valence-electron chi connectivity index (χ4n) is 2.20. The van der Waals surface area contributed by atoms with E-state index in [0.29, 0.717) is 17.3 Å². The van der Waals surface area contributed by atoms with Gasteiger partial charge < -0.3 is 15.0 Å². The van der Waals surface area contributed by atoms with Gasteiger partial charge in [-0.25, -0.2) is 4.98 Å². The maximum Gasteiger partial charge on any atom is 0.387 e. The third kappa shape index (κ3) is 4.61. The van der Waals surface area contributed by atoms with Gasteiger partial charge in [0.1, 0.15) is 10.8 Å². The molecule has 3 rings (SSSR count). The van der Waals surface area contributed by atoms with Crippen LogP contribution in [0.15, 0.2) is 48.5 Å². The van der Waals surface area contributed by atoms with E-state index < -0.39 is 6.61 Å². The van der Waals surface area contributed by atoms with Crippen molar-refractivity contribution in [1.29, 1.82) is 0 Å². The van der Waals surface area contributed by atoms with Crippen LogP contribution in [0.5, 0.6) is 5.75 Å². The first-order chi connectivity index (χ1) is 12.0. The number of nitrogens with one attached hydrogen (secondary N) is 1. The molecule has 0 aliphatic carbocycles. The van der Waals surface area contributed by atoms with E-state index in [1.165, 1.54) is 12.1 Å². The monoisotopic (exact) mass is 379 g/mol. The molecule has 0 radical (unpaired) electrons. The lowest BCUT2D eigenvalue weighted by molar-refractivity contribution is -0.0498. The Morgan fingerprint density at radius 1 is 1.24 bits per heavy atom. The number of alkyl halides is 2. The van der Waals surface area contributed by atoms with Crippen LogP contribution in [0.4, 0.5) is 14.5 Å². The molecule has 25 heavy (non-hydrogen) atoms. The van der Waals surface area contributed by atoms with Crippen molar-refractivity contribution in [3.63, 3.8) is 0 Å². The van der Waals surface area contributed by atoms with Crippen molar-refractivity contribution >= 4 is 44.6 Å². The number of benzene rings is 2. The van der Waals surface area contributed by atoms with Crippen LogP contribution in [0, 0.1) is 0 Å². The lowest BCUT2D eigenvalue weighted by Gasteiger charge is -2.20. The summed E-state index contributed by atoms with van der Waals surface area (Å²) in [6, 6.07) is 14.2. The van der Waals surface area contributed by atoms with Gasteiger partial charge in [-0.2, -0.15) is 8.78 Å². The minimum Gasteiger partial charge on any atom is -0.435 e. The molecule has 2 aromatic carbocycles. The predicted octanol–water partition coefficient (Wildman–Crippen LogP) is 4.73. The number of hydrogen-bond acceptors (Lipinski definition) is 4. The van der Waals surface area contributed by atoms with Gasteiger partial charge in [0, 0.05) is 12.7 Å². The summed E-state index contributed by atoms with van der Waals surface area (Å²) in [5.41, 5.74) is 1.67. The number of para-hydroxylation sites is 1. The Morgan fingerprint density at radius 2 is 1.96 bits per heavy atom. The summed E-state index contributed by atoms with van der Waals surface area (Å²) in [7, 11) is 1.87. The SMILES string of the molecule is CN(Cc1nc2ccccc2s1)C(=S)Nc1ccc(OC(F)F)cc1. The van der Waals surface area contributed by atoms with Gasteiger partial charge in [-0.1, -0.05) is 12.1 Å². The van der Waals surface area contributed by atoms with Gasteiger partial charge >= 0.3 is 6.61 Å². The second-order valence-electron chi connectivity index (χ2n) is 5.26. The minimum absolute atomic E-state index is 0.106. The third-order valence-electron chi connectivity index (χ3n) is 3.39. The van der Waals surface area contributed by atoms with E-state index in [2.05, 4.69) is 15.0 Å². The second-order valence-corrected chi connectivity index (χ2v) is 6.77. The summed E-state index contributed by atoms with van der Waals surface area (Å²) >= 11 is 7.01. The number of thiazole rings is 1. The molecule has 0 aliphatic rings. The van der Waals surface area contributed by atoms with Gasteiger partial charge in [-0.3, -0.25) is 0 Å². The summed E-state index contributed by atoms with van der Waals surface area (Å²) in [5.74, 6) is 0.106. The van der Waals surface area contributed by atoms with Crippen molar-refractivity contribution in [2.45, 2.75) is 13.2 Å². The molecule has 0 bridgehead atoms. The average molecular weight is 379 g/mol. The highest BCUT2D eigenvalue weighted by Crippen LogP contribution is 2.23. The quantitative estimate of drug-likeness (QED) is 0.649. The maximum atomic E-state index is 12.2. The highest BCUT2D eigenvalue weighted by Gasteiger charge is 2.10. The van der Waals surface area contributed by atoms with E-state index in [9.17, 15) is 8.78 Å². The average Bonchev–Trinajstić information content (AvgIpc) is 2.98. The number of fused-ring (bicyclic) bond motifs is 1. The molecule has 130 valence electrons. The van der Waals surface area contributed by atoms with Crippen LogP contribution in [0.25, 0.3) is 10.2 Å². The molecule has 8 heteroatoms. The van der Waals surface area contributed by atoms with E-state index in [4.69, 9.17) is 12.2 Å². The molecule has 0 saturated heterocycles. The molecule has 0 amide bonds. The molecular weight excluding hydrogens is 364 g/mol. The second kappa shape index (κ2) is 7.71. The Labute approximate surface area is 153 Å². The zero-order valence-corrected chi connectivity index (χ0v) is 14.9. The van der Waals surface area contributed by atoms with Gasteiger partial charge in [0.2, 0.25) is 0 Å². The van der Waals surface area contributed by atoms with E-state index in [-0.39, 0.29) is 5.75 Å². The van der Waals surface area contributed by atoms with E-state index in [0.717, 1.165) is 15.2 Å². The molecule has 0 unspecified atom stereocenters. The van der Waals surface area contributed by atoms with Crippen LogP contribution in [-0.4, -0.2) is 28.7 Å². The molecule has 0 saturated carbocycles. The van der Waals surface area contributed by atoms with Crippen LogP contribution in [0.3, 0.4) is 0 Å². The highest BCUT2D eigenvalue weighted by atomic mass is 32.1. The zero-order valence-electron chi connectivity index (χ0n) is 13.3. The summed E-state index contributed by atoms with van der Waals surface area (Å²) in [6.45, 7) is -2.25. The summed E-state index contributed by atoms with van der Waals surface area (Å²) in [6.07, 6.45) is 0. The smallest absolute Gasteiger partial charge is 0.387 e. The number of ether oxygens (including phenoxy) is 1. The van der Waals surface area contributed by atoms with Crippen molar-refractivity contribution < 1.29 is 13.5 Å².